The lowest BCUT2D eigenvalue weighted by Crippen LogP contribution is -2.60. The van der Waals surface area contributed by atoms with Gasteiger partial charge in [0.25, 0.3) is 0 Å². The second-order valence-corrected chi connectivity index (χ2v) is 10.0. The molecule has 0 spiro atoms. The molecule has 0 aromatic heterocycles. The molecule has 190 valence electrons. The van der Waals surface area contributed by atoms with E-state index in [-0.39, 0.29) is 12.2 Å². The Hall–Kier alpha value is -2.77. The number of hydrogen-bond acceptors (Lipinski definition) is 6. The van der Waals surface area contributed by atoms with Crippen molar-refractivity contribution in [2.24, 2.45) is 0 Å². The Balaban J connectivity index is 2.12. The molecule has 1 aliphatic carbocycles. The number of benzene rings is 1. The van der Waals surface area contributed by atoms with Crippen LogP contribution >= 0.6 is 0 Å². The van der Waals surface area contributed by atoms with Crippen LogP contribution in [0.3, 0.4) is 0 Å². The molecule has 1 aromatic rings. The molecule has 1 saturated carbocycles. The van der Waals surface area contributed by atoms with Gasteiger partial charge in [0.05, 0.1) is 6.61 Å². The Kier molecular flexibility index (Phi) is 10.2. The first-order valence-corrected chi connectivity index (χ1v) is 12.3. The summed E-state index contributed by atoms with van der Waals surface area (Å²) in [4.78, 5) is 38.8. The predicted octanol–water partition coefficient (Wildman–Crippen LogP) is 4.38. The summed E-state index contributed by atoms with van der Waals surface area (Å²) in [6.07, 6.45) is 5.96. The van der Waals surface area contributed by atoms with Gasteiger partial charge < -0.3 is 25.2 Å². The van der Waals surface area contributed by atoms with Gasteiger partial charge in [-0.1, -0.05) is 51.2 Å². The van der Waals surface area contributed by atoms with Crippen LogP contribution in [-0.2, 0) is 25.5 Å². The Morgan fingerprint density at radius 2 is 1.71 bits per heavy atom. The first-order valence-electron chi connectivity index (χ1n) is 12.3. The van der Waals surface area contributed by atoms with E-state index in [1.807, 2.05) is 0 Å². The van der Waals surface area contributed by atoms with Crippen LogP contribution in [0.15, 0.2) is 24.3 Å². The lowest BCUT2D eigenvalue weighted by atomic mass is 9.95. The zero-order chi connectivity index (χ0) is 25.2. The molecule has 1 aromatic carbocycles. The van der Waals surface area contributed by atoms with Gasteiger partial charge in [0.1, 0.15) is 22.9 Å². The van der Waals surface area contributed by atoms with Gasteiger partial charge in [0, 0.05) is 6.42 Å². The maximum atomic E-state index is 13.4. The Morgan fingerprint density at radius 1 is 1.06 bits per heavy atom. The molecule has 0 radical (unpaired) electrons. The van der Waals surface area contributed by atoms with Crippen molar-refractivity contribution in [1.82, 2.24) is 10.6 Å². The molecule has 0 heterocycles. The fourth-order valence-electron chi connectivity index (χ4n) is 4.05. The molecule has 8 nitrogen and oxygen atoms in total. The Morgan fingerprint density at radius 3 is 2.29 bits per heavy atom. The topological polar surface area (TPSA) is 114 Å². The largest absolute Gasteiger partial charge is 0.508 e. The summed E-state index contributed by atoms with van der Waals surface area (Å²) in [5, 5.41) is 15.2. The van der Waals surface area contributed by atoms with Gasteiger partial charge >= 0.3 is 12.1 Å². The van der Waals surface area contributed by atoms with Gasteiger partial charge in [-0.25, -0.2) is 9.59 Å². The molecule has 0 saturated heterocycles. The SMILES string of the molecule is CCCCCCOC(=O)[C@H](Cc1ccc(O)cc1)NC(=O)C1(NC(=O)OC(C)(C)C)CCCC1. The molecule has 0 unspecified atom stereocenters. The van der Waals surface area contributed by atoms with Crippen LogP contribution in [0.1, 0.15) is 84.6 Å². The zero-order valence-corrected chi connectivity index (χ0v) is 20.9. The molecule has 1 atom stereocenters. The average molecular weight is 477 g/mol. The molecule has 0 aliphatic heterocycles. The van der Waals surface area contributed by atoms with Gasteiger partial charge in [-0.3, -0.25) is 4.79 Å². The van der Waals surface area contributed by atoms with E-state index in [0.29, 0.717) is 19.4 Å². The number of carbonyl (C=O) groups is 3. The number of aromatic hydroxyl groups is 1. The van der Waals surface area contributed by atoms with E-state index in [1.165, 1.54) is 12.1 Å². The van der Waals surface area contributed by atoms with Crippen LogP contribution in [0.5, 0.6) is 5.75 Å². The van der Waals surface area contributed by atoms with Crippen LogP contribution in [0, 0.1) is 0 Å². The summed E-state index contributed by atoms with van der Waals surface area (Å²) in [7, 11) is 0. The van der Waals surface area contributed by atoms with E-state index in [4.69, 9.17) is 9.47 Å². The summed E-state index contributed by atoms with van der Waals surface area (Å²) in [5.41, 5.74) is -1.05. The summed E-state index contributed by atoms with van der Waals surface area (Å²) in [6.45, 7) is 7.69. The van der Waals surface area contributed by atoms with Crippen molar-refractivity contribution in [3.8, 4) is 5.75 Å². The second-order valence-electron chi connectivity index (χ2n) is 10.0. The minimum atomic E-state index is -1.13. The first-order chi connectivity index (χ1) is 16.0. The standard InChI is InChI=1S/C26H40N2O6/c1-5-6-7-10-17-33-22(30)21(18-19-11-13-20(29)14-12-19)27-23(31)26(15-8-9-16-26)28-24(32)34-25(2,3)4/h11-14,21,29H,5-10,15-18H2,1-4H3,(H,27,31)(H,28,32)/t21-/m0/s1. The number of esters is 1. The number of phenols is 1. The minimum absolute atomic E-state index is 0.120. The first kappa shape index (κ1) is 27.5. The number of phenolic OH excluding ortho intramolecular Hbond substituents is 1. The number of unbranched alkanes of at least 4 members (excludes halogenated alkanes) is 3. The van der Waals surface area contributed by atoms with Gasteiger partial charge in [-0.15, -0.1) is 0 Å². The normalized spacial score (nSPS) is 15.9. The number of alkyl carbamates (subject to hydrolysis) is 1. The van der Waals surface area contributed by atoms with E-state index in [2.05, 4.69) is 17.6 Å². The van der Waals surface area contributed by atoms with E-state index in [0.717, 1.165) is 44.1 Å². The molecule has 1 fully saturated rings. The third kappa shape index (κ3) is 8.88. The third-order valence-corrected chi connectivity index (χ3v) is 5.84. The van der Waals surface area contributed by atoms with Crippen LogP contribution in [0.25, 0.3) is 0 Å². The van der Waals surface area contributed by atoms with Crippen molar-refractivity contribution >= 4 is 18.0 Å². The predicted molar refractivity (Wildman–Crippen MR) is 129 cm³/mol. The summed E-state index contributed by atoms with van der Waals surface area (Å²) in [6, 6.07) is 5.56. The smallest absolute Gasteiger partial charge is 0.408 e. The number of amides is 2. The van der Waals surface area contributed by atoms with Gasteiger partial charge in [0.15, 0.2) is 0 Å². The van der Waals surface area contributed by atoms with Crippen LogP contribution in [-0.4, -0.2) is 46.9 Å². The molecule has 34 heavy (non-hydrogen) atoms. The fraction of sp³-hybridized carbons (Fsp3) is 0.654. The molecular weight excluding hydrogens is 436 g/mol. The number of carbonyl (C=O) groups excluding carboxylic acids is 3. The maximum absolute atomic E-state index is 13.4. The summed E-state index contributed by atoms with van der Waals surface area (Å²) in [5.74, 6) is -0.805. The van der Waals surface area contributed by atoms with Gasteiger partial charge in [-0.05, 0) is 57.7 Å². The average Bonchev–Trinajstić information content (AvgIpc) is 3.22. The molecule has 0 bridgehead atoms. The molecule has 8 heteroatoms. The molecule has 3 N–H and O–H groups in total. The van der Waals surface area contributed by atoms with Crippen molar-refractivity contribution in [3.63, 3.8) is 0 Å². The lowest BCUT2D eigenvalue weighted by Gasteiger charge is -2.32. The Bertz CT molecular complexity index is 810. The highest BCUT2D eigenvalue weighted by Crippen LogP contribution is 2.31. The van der Waals surface area contributed by atoms with Crippen molar-refractivity contribution in [1.29, 1.82) is 0 Å². The molecule has 1 aliphatic rings. The fourth-order valence-corrected chi connectivity index (χ4v) is 4.05. The van der Waals surface area contributed by atoms with Gasteiger partial charge in [0.2, 0.25) is 5.91 Å². The van der Waals surface area contributed by atoms with E-state index in [1.54, 1.807) is 32.9 Å². The minimum Gasteiger partial charge on any atom is -0.508 e. The summed E-state index contributed by atoms with van der Waals surface area (Å²) < 4.78 is 10.8. The second kappa shape index (κ2) is 12.6. The quantitative estimate of drug-likeness (QED) is 0.323. The number of rotatable bonds is 11. The van der Waals surface area contributed by atoms with Crippen molar-refractivity contribution in [2.75, 3.05) is 6.61 Å². The van der Waals surface area contributed by atoms with E-state index >= 15 is 0 Å². The zero-order valence-electron chi connectivity index (χ0n) is 20.9. The van der Waals surface area contributed by atoms with Crippen LogP contribution < -0.4 is 10.6 Å². The monoisotopic (exact) mass is 476 g/mol. The van der Waals surface area contributed by atoms with Crippen molar-refractivity contribution in [2.45, 2.75) is 103 Å². The van der Waals surface area contributed by atoms with E-state index in [9.17, 15) is 19.5 Å². The molecular formula is C26H40N2O6. The van der Waals surface area contributed by atoms with Crippen LogP contribution in [0.2, 0.25) is 0 Å². The number of hydrogen-bond donors (Lipinski definition) is 3. The number of ether oxygens (including phenoxy) is 2. The third-order valence-electron chi connectivity index (χ3n) is 5.84. The van der Waals surface area contributed by atoms with Gasteiger partial charge in [-0.2, -0.15) is 0 Å². The highest BCUT2D eigenvalue weighted by molar-refractivity contribution is 5.93. The highest BCUT2D eigenvalue weighted by Gasteiger charge is 2.44. The summed E-state index contributed by atoms with van der Waals surface area (Å²) >= 11 is 0. The maximum Gasteiger partial charge on any atom is 0.408 e. The molecule has 2 amide bonds. The molecule has 2 rings (SSSR count). The van der Waals surface area contributed by atoms with E-state index < -0.39 is 35.2 Å². The van der Waals surface area contributed by atoms with Crippen molar-refractivity contribution in [3.05, 3.63) is 29.8 Å². The number of nitrogens with one attached hydrogen (secondary N) is 2. The Labute approximate surface area is 202 Å². The van der Waals surface area contributed by atoms with Crippen LogP contribution in [0.4, 0.5) is 4.79 Å². The van der Waals surface area contributed by atoms with Crippen molar-refractivity contribution < 1.29 is 29.0 Å². The lowest BCUT2D eigenvalue weighted by molar-refractivity contribution is -0.148. The highest BCUT2D eigenvalue weighted by atomic mass is 16.6.